The number of rotatable bonds is 7. The van der Waals surface area contributed by atoms with Gasteiger partial charge in [-0.05, 0) is 25.5 Å². The minimum Gasteiger partial charge on any atom is -0.468 e. The number of unbranched alkanes of at least 4 members (excludes halogenated alkanes) is 1. The molecule has 0 aliphatic heterocycles. The van der Waals surface area contributed by atoms with Gasteiger partial charge in [0.25, 0.3) is 0 Å². The molecule has 1 heterocycles. The van der Waals surface area contributed by atoms with Crippen LogP contribution in [0.25, 0.3) is 0 Å². The van der Waals surface area contributed by atoms with Crippen LogP contribution in [0.1, 0.15) is 38.5 Å². The van der Waals surface area contributed by atoms with Gasteiger partial charge in [-0.1, -0.05) is 13.3 Å². The van der Waals surface area contributed by atoms with Crippen molar-refractivity contribution in [1.82, 2.24) is 5.32 Å². The first-order chi connectivity index (χ1) is 7.74. The standard InChI is InChI=1S/C12H19NO3/c1-3-4-7-16-12(14)9-13-10(2)11-6-5-8-15-11/h5-6,8,10,13H,3-4,7,9H2,1-2H3/t10-/m0/s1. The third kappa shape index (κ3) is 4.49. The Kier molecular flexibility index (Phi) is 5.64. The van der Waals surface area contributed by atoms with Gasteiger partial charge < -0.3 is 9.15 Å². The number of carbonyl (C=O) groups excluding carboxylic acids is 1. The lowest BCUT2D eigenvalue weighted by Crippen LogP contribution is -2.27. The lowest BCUT2D eigenvalue weighted by molar-refractivity contribution is -0.142. The van der Waals surface area contributed by atoms with Gasteiger partial charge >= 0.3 is 5.97 Å². The highest BCUT2D eigenvalue weighted by Gasteiger charge is 2.09. The number of furan rings is 1. The molecule has 90 valence electrons. The molecule has 1 aromatic heterocycles. The first-order valence-electron chi connectivity index (χ1n) is 5.66. The van der Waals surface area contributed by atoms with Crippen molar-refractivity contribution in [3.8, 4) is 0 Å². The summed E-state index contributed by atoms with van der Waals surface area (Å²) in [4.78, 5) is 11.3. The number of carbonyl (C=O) groups is 1. The van der Waals surface area contributed by atoms with Crippen LogP contribution in [0, 0.1) is 0 Å². The molecule has 16 heavy (non-hydrogen) atoms. The second-order valence-corrected chi connectivity index (χ2v) is 3.69. The van der Waals surface area contributed by atoms with Crippen LogP contribution in [-0.2, 0) is 9.53 Å². The van der Waals surface area contributed by atoms with Gasteiger partial charge in [-0.3, -0.25) is 10.1 Å². The van der Waals surface area contributed by atoms with E-state index in [9.17, 15) is 4.79 Å². The van der Waals surface area contributed by atoms with Gasteiger partial charge in [0.15, 0.2) is 0 Å². The van der Waals surface area contributed by atoms with Gasteiger partial charge in [0.05, 0.1) is 25.5 Å². The fourth-order valence-electron chi connectivity index (χ4n) is 1.26. The lowest BCUT2D eigenvalue weighted by Gasteiger charge is -2.10. The summed E-state index contributed by atoms with van der Waals surface area (Å²) in [5.74, 6) is 0.605. The average molecular weight is 225 g/mol. The van der Waals surface area contributed by atoms with Crippen LogP contribution in [0.3, 0.4) is 0 Å². The van der Waals surface area contributed by atoms with Crippen molar-refractivity contribution in [3.05, 3.63) is 24.2 Å². The van der Waals surface area contributed by atoms with E-state index in [1.165, 1.54) is 0 Å². The van der Waals surface area contributed by atoms with E-state index in [-0.39, 0.29) is 18.6 Å². The van der Waals surface area contributed by atoms with Crippen LogP contribution in [0.4, 0.5) is 0 Å². The molecular weight excluding hydrogens is 206 g/mol. The maximum Gasteiger partial charge on any atom is 0.319 e. The number of hydrogen-bond donors (Lipinski definition) is 1. The van der Waals surface area contributed by atoms with Crippen molar-refractivity contribution in [1.29, 1.82) is 0 Å². The first kappa shape index (κ1) is 12.8. The first-order valence-corrected chi connectivity index (χ1v) is 5.66. The second-order valence-electron chi connectivity index (χ2n) is 3.69. The van der Waals surface area contributed by atoms with E-state index in [0.29, 0.717) is 6.61 Å². The normalized spacial score (nSPS) is 12.4. The number of nitrogens with one attached hydrogen (secondary N) is 1. The molecule has 1 N–H and O–H groups in total. The van der Waals surface area contributed by atoms with Gasteiger partial charge in [0.2, 0.25) is 0 Å². The molecule has 0 aliphatic rings. The summed E-state index contributed by atoms with van der Waals surface area (Å²) in [5, 5.41) is 3.04. The highest BCUT2D eigenvalue weighted by molar-refractivity contribution is 5.71. The topological polar surface area (TPSA) is 51.5 Å². The fraction of sp³-hybridized carbons (Fsp3) is 0.583. The maximum atomic E-state index is 11.3. The zero-order valence-electron chi connectivity index (χ0n) is 9.86. The van der Waals surface area contributed by atoms with Gasteiger partial charge in [-0.15, -0.1) is 0 Å². The van der Waals surface area contributed by atoms with Crippen LogP contribution >= 0.6 is 0 Å². The van der Waals surface area contributed by atoms with E-state index in [2.05, 4.69) is 12.2 Å². The molecule has 0 bridgehead atoms. The Hall–Kier alpha value is -1.29. The number of hydrogen-bond acceptors (Lipinski definition) is 4. The van der Waals surface area contributed by atoms with Crippen molar-refractivity contribution in [2.75, 3.05) is 13.2 Å². The van der Waals surface area contributed by atoms with Crippen LogP contribution in [0.15, 0.2) is 22.8 Å². The molecule has 4 nitrogen and oxygen atoms in total. The van der Waals surface area contributed by atoms with Crippen LogP contribution in [-0.4, -0.2) is 19.1 Å². The molecule has 0 spiro atoms. The molecule has 0 unspecified atom stereocenters. The third-order valence-corrected chi connectivity index (χ3v) is 2.28. The summed E-state index contributed by atoms with van der Waals surface area (Å²) in [6.45, 7) is 4.72. The molecule has 0 aromatic carbocycles. The second kappa shape index (κ2) is 7.06. The van der Waals surface area contributed by atoms with E-state index in [1.807, 2.05) is 19.1 Å². The Morgan fingerprint density at radius 1 is 1.62 bits per heavy atom. The van der Waals surface area contributed by atoms with Gasteiger partial charge in [-0.2, -0.15) is 0 Å². The van der Waals surface area contributed by atoms with Gasteiger partial charge in [0.1, 0.15) is 5.76 Å². The van der Waals surface area contributed by atoms with Crippen molar-refractivity contribution >= 4 is 5.97 Å². The van der Waals surface area contributed by atoms with Crippen molar-refractivity contribution in [2.24, 2.45) is 0 Å². The third-order valence-electron chi connectivity index (χ3n) is 2.28. The summed E-state index contributed by atoms with van der Waals surface area (Å²) in [5.41, 5.74) is 0. The maximum absolute atomic E-state index is 11.3. The van der Waals surface area contributed by atoms with E-state index in [0.717, 1.165) is 18.6 Å². The molecule has 0 fully saturated rings. The van der Waals surface area contributed by atoms with Gasteiger partial charge in [-0.25, -0.2) is 0 Å². The highest BCUT2D eigenvalue weighted by atomic mass is 16.5. The molecule has 0 aliphatic carbocycles. The van der Waals surface area contributed by atoms with Crippen LogP contribution in [0.5, 0.6) is 0 Å². The monoisotopic (exact) mass is 225 g/mol. The zero-order valence-corrected chi connectivity index (χ0v) is 9.86. The summed E-state index contributed by atoms with van der Waals surface area (Å²) in [6.07, 6.45) is 3.57. The number of ether oxygens (including phenoxy) is 1. The Morgan fingerprint density at radius 2 is 2.44 bits per heavy atom. The van der Waals surface area contributed by atoms with E-state index < -0.39 is 0 Å². The molecule has 4 heteroatoms. The SMILES string of the molecule is CCCCOC(=O)CN[C@@H](C)c1ccco1. The smallest absolute Gasteiger partial charge is 0.319 e. The minimum absolute atomic E-state index is 0.0220. The average Bonchev–Trinajstić information content (AvgIpc) is 2.79. The summed E-state index contributed by atoms with van der Waals surface area (Å²) < 4.78 is 10.2. The predicted molar refractivity (Wildman–Crippen MR) is 61.0 cm³/mol. The van der Waals surface area contributed by atoms with Gasteiger partial charge in [0, 0.05) is 0 Å². The fourth-order valence-corrected chi connectivity index (χ4v) is 1.26. The van der Waals surface area contributed by atoms with E-state index in [1.54, 1.807) is 6.26 Å². The van der Waals surface area contributed by atoms with Crippen LogP contribution in [0.2, 0.25) is 0 Å². The van der Waals surface area contributed by atoms with E-state index >= 15 is 0 Å². The summed E-state index contributed by atoms with van der Waals surface area (Å²) >= 11 is 0. The molecule has 0 amide bonds. The highest BCUT2D eigenvalue weighted by Crippen LogP contribution is 2.11. The Labute approximate surface area is 96.0 Å². The Bertz CT molecular complexity index is 295. The quantitative estimate of drug-likeness (QED) is 0.571. The van der Waals surface area contributed by atoms with Crippen LogP contribution < -0.4 is 5.32 Å². The van der Waals surface area contributed by atoms with E-state index in [4.69, 9.17) is 9.15 Å². The Balaban J connectivity index is 2.16. The molecule has 0 radical (unpaired) electrons. The number of esters is 1. The van der Waals surface area contributed by atoms with Crippen molar-refractivity contribution < 1.29 is 13.9 Å². The summed E-state index contributed by atoms with van der Waals surface area (Å²) in [6, 6.07) is 3.72. The minimum atomic E-state index is -0.216. The molecule has 0 saturated heterocycles. The Morgan fingerprint density at radius 3 is 3.06 bits per heavy atom. The van der Waals surface area contributed by atoms with Crippen molar-refractivity contribution in [2.45, 2.75) is 32.7 Å². The zero-order chi connectivity index (χ0) is 11.8. The lowest BCUT2D eigenvalue weighted by atomic mass is 10.2. The molecule has 0 saturated carbocycles. The summed E-state index contributed by atoms with van der Waals surface area (Å²) in [7, 11) is 0. The molecular formula is C12H19NO3. The molecule has 1 rings (SSSR count). The predicted octanol–water partition coefficient (Wildman–Crippen LogP) is 2.27. The molecule has 1 atom stereocenters. The largest absolute Gasteiger partial charge is 0.468 e. The van der Waals surface area contributed by atoms with Crippen molar-refractivity contribution in [3.63, 3.8) is 0 Å². The molecule has 1 aromatic rings.